The lowest BCUT2D eigenvalue weighted by Crippen LogP contribution is -2.15. The second kappa shape index (κ2) is 6.05. The van der Waals surface area contributed by atoms with Gasteiger partial charge in [0.05, 0.1) is 27.2 Å². The minimum absolute atomic E-state index is 0.0281. The summed E-state index contributed by atoms with van der Waals surface area (Å²) < 4.78 is 26.9. The Labute approximate surface area is 132 Å². The first-order valence-electron chi connectivity index (χ1n) is 5.96. The molecule has 0 spiro atoms. The van der Waals surface area contributed by atoms with Crippen LogP contribution in [0.25, 0.3) is 0 Å². The van der Waals surface area contributed by atoms with Crippen molar-refractivity contribution in [2.24, 2.45) is 5.73 Å². The molecule has 112 valence electrons. The Balaban J connectivity index is 2.43. The number of carbonyl (C=O) groups is 1. The summed E-state index contributed by atoms with van der Waals surface area (Å²) in [5.74, 6) is -0.705. The Morgan fingerprint density at radius 3 is 2.59 bits per heavy atom. The number of rotatable bonds is 4. The van der Waals surface area contributed by atoms with Gasteiger partial charge in [0, 0.05) is 5.56 Å². The number of primary amides is 1. The van der Waals surface area contributed by atoms with Crippen LogP contribution in [0.1, 0.15) is 15.9 Å². The quantitative estimate of drug-likeness (QED) is 0.890. The highest BCUT2D eigenvalue weighted by atomic mass is 35.5. The van der Waals surface area contributed by atoms with Crippen LogP contribution in [-0.2, 0) is 10.0 Å². The van der Waals surface area contributed by atoms with E-state index in [9.17, 15) is 13.2 Å². The first-order chi connectivity index (χ1) is 10.3. The van der Waals surface area contributed by atoms with Crippen molar-refractivity contribution in [2.45, 2.75) is 4.90 Å². The SMILES string of the molecule is N#Cc1cccc(S(=O)(=O)Nc2cc(C(N)=O)ccc2Cl)c1. The predicted octanol–water partition coefficient (Wildman–Crippen LogP) is 2.11. The Kier molecular flexibility index (Phi) is 4.35. The van der Waals surface area contributed by atoms with Crippen LogP contribution in [0.2, 0.25) is 5.02 Å². The number of nitrogens with two attached hydrogens (primary N) is 1. The number of benzene rings is 2. The molecule has 0 unspecified atom stereocenters. The van der Waals surface area contributed by atoms with Crippen molar-refractivity contribution >= 4 is 33.2 Å². The van der Waals surface area contributed by atoms with E-state index in [0.717, 1.165) is 0 Å². The number of nitrogens with zero attached hydrogens (tertiary/aromatic N) is 1. The van der Waals surface area contributed by atoms with Crippen molar-refractivity contribution in [2.75, 3.05) is 4.72 Å². The maximum Gasteiger partial charge on any atom is 0.261 e. The molecule has 0 bridgehead atoms. The number of nitrogens with one attached hydrogen (secondary N) is 1. The highest BCUT2D eigenvalue weighted by Gasteiger charge is 2.17. The van der Waals surface area contributed by atoms with Gasteiger partial charge in [-0.2, -0.15) is 5.26 Å². The highest BCUT2D eigenvalue weighted by molar-refractivity contribution is 7.92. The van der Waals surface area contributed by atoms with Gasteiger partial charge in [-0.25, -0.2) is 8.42 Å². The second-order valence-electron chi connectivity index (χ2n) is 4.30. The molecule has 2 aromatic rings. The summed E-state index contributed by atoms with van der Waals surface area (Å²) >= 11 is 5.92. The third-order valence-corrected chi connectivity index (χ3v) is 4.46. The van der Waals surface area contributed by atoms with Gasteiger partial charge >= 0.3 is 0 Å². The Bertz CT molecular complexity index is 888. The molecule has 0 aliphatic carbocycles. The molecule has 0 aliphatic rings. The molecule has 0 atom stereocenters. The molecule has 1 amide bonds. The highest BCUT2D eigenvalue weighted by Crippen LogP contribution is 2.26. The fourth-order valence-electron chi connectivity index (χ4n) is 1.69. The van der Waals surface area contributed by atoms with Gasteiger partial charge in [-0.05, 0) is 36.4 Å². The van der Waals surface area contributed by atoms with Crippen LogP contribution in [-0.4, -0.2) is 14.3 Å². The van der Waals surface area contributed by atoms with Gasteiger partial charge in [0.25, 0.3) is 10.0 Å². The number of hydrogen-bond acceptors (Lipinski definition) is 4. The molecule has 0 fully saturated rings. The monoisotopic (exact) mass is 335 g/mol. The Morgan fingerprint density at radius 2 is 1.95 bits per heavy atom. The van der Waals surface area contributed by atoms with Crippen LogP contribution in [0.4, 0.5) is 5.69 Å². The van der Waals surface area contributed by atoms with E-state index in [4.69, 9.17) is 22.6 Å². The number of anilines is 1. The van der Waals surface area contributed by atoms with Crippen LogP contribution >= 0.6 is 11.6 Å². The second-order valence-corrected chi connectivity index (χ2v) is 6.39. The minimum Gasteiger partial charge on any atom is -0.366 e. The number of halogens is 1. The molecule has 0 radical (unpaired) electrons. The summed E-state index contributed by atoms with van der Waals surface area (Å²) in [4.78, 5) is 11.1. The van der Waals surface area contributed by atoms with Gasteiger partial charge in [-0.15, -0.1) is 0 Å². The van der Waals surface area contributed by atoms with Gasteiger partial charge < -0.3 is 5.73 Å². The molecule has 22 heavy (non-hydrogen) atoms. The average molecular weight is 336 g/mol. The van der Waals surface area contributed by atoms with Crippen LogP contribution in [0.3, 0.4) is 0 Å². The van der Waals surface area contributed by atoms with E-state index in [2.05, 4.69) is 4.72 Å². The molecule has 6 nitrogen and oxygen atoms in total. The zero-order valence-corrected chi connectivity index (χ0v) is 12.6. The molecular formula is C14H10ClN3O3S. The van der Waals surface area contributed by atoms with Gasteiger partial charge in [0.1, 0.15) is 0 Å². The van der Waals surface area contributed by atoms with Crippen molar-refractivity contribution in [1.29, 1.82) is 5.26 Å². The molecule has 8 heteroatoms. The smallest absolute Gasteiger partial charge is 0.261 e. The number of carbonyl (C=O) groups excluding carboxylic acids is 1. The molecular weight excluding hydrogens is 326 g/mol. The third kappa shape index (κ3) is 3.36. The Hall–Kier alpha value is -2.56. The van der Waals surface area contributed by atoms with Crippen LogP contribution in [0.15, 0.2) is 47.4 Å². The van der Waals surface area contributed by atoms with Crippen LogP contribution in [0, 0.1) is 11.3 Å². The number of sulfonamides is 1. The Morgan fingerprint density at radius 1 is 1.23 bits per heavy atom. The van der Waals surface area contributed by atoms with E-state index in [-0.39, 0.29) is 26.7 Å². The number of nitriles is 1. The summed E-state index contributed by atoms with van der Waals surface area (Å²) in [6, 6.07) is 11.4. The largest absolute Gasteiger partial charge is 0.366 e. The van der Waals surface area contributed by atoms with Crippen LogP contribution < -0.4 is 10.5 Å². The van der Waals surface area contributed by atoms with Gasteiger partial charge in [-0.3, -0.25) is 9.52 Å². The molecule has 2 rings (SSSR count). The average Bonchev–Trinajstić information content (AvgIpc) is 2.49. The van der Waals surface area contributed by atoms with E-state index < -0.39 is 15.9 Å². The molecule has 0 saturated heterocycles. The standard InChI is InChI=1S/C14H10ClN3O3S/c15-12-5-4-10(14(17)19)7-13(12)18-22(20,21)11-3-1-2-9(6-11)8-16/h1-7,18H,(H2,17,19). The maximum atomic E-state index is 12.3. The summed E-state index contributed by atoms with van der Waals surface area (Å²) in [5.41, 5.74) is 5.50. The van der Waals surface area contributed by atoms with Gasteiger partial charge in [-0.1, -0.05) is 17.7 Å². The molecule has 0 aliphatic heterocycles. The van der Waals surface area contributed by atoms with E-state index in [1.54, 1.807) is 0 Å². The molecule has 0 saturated carbocycles. The lowest BCUT2D eigenvalue weighted by molar-refractivity contribution is 0.100. The van der Waals surface area contributed by atoms with E-state index >= 15 is 0 Å². The minimum atomic E-state index is -3.95. The lowest BCUT2D eigenvalue weighted by Gasteiger charge is -2.10. The lowest BCUT2D eigenvalue weighted by atomic mass is 10.2. The van der Waals surface area contributed by atoms with E-state index in [1.807, 2.05) is 6.07 Å². The normalized spacial score (nSPS) is 10.7. The summed E-state index contributed by atoms with van der Waals surface area (Å²) in [6.45, 7) is 0. The van der Waals surface area contributed by atoms with Gasteiger partial charge in [0.2, 0.25) is 5.91 Å². The first-order valence-corrected chi connectivity index (χ1v) is 7.82. The van der Waals surface area contributed by atoms with E-state index in [0.29, 0.717) is 0 Å². The van der Waals surface area contributed by atoms with Crippen LogP contribution in [0.5, 0.6) is 0 Å². The number of amides is 1. The fourth-order valence-corrected chi connectivity index (χ4v) is 3.03. The van der Waals surface area contributed by atoms with Crippen molar-refractivity contribution in [3.8, 4) is 6.07 Å². The first kappa shape index (κ1) is 15.8. The number of hydrogen-bond donors (Lipinski definition) is 2. The third-order valence-electron chi connectivity index (χ3n) is 2.77. The molecule has 0 aromatic heterocycles. The summed E-state index contributed by atoms with van der Waals surface area (Å²) in [7, 11) is -3.95. The zero-order valence-electron chi connectivity index (χ0n) is 11.1. The van der Waals surface area contributed by atoms with Gasteiger partial charge in [0.15, 0.2) is 0 Å². The van der Waals surface area contributed by atoms with Crippen molar-refractivity contribution < 1.29 is 13.2 Å². The molecule has 3 N–H and O–H groups in total. The van der Waals surface area contributed by atoms with Crippen molar-refractivity contribution in [3.05, 3.63) is 58.6 Å². The zero-order chi connectivity index (χ0) is 16.3. The molecule has 0 heterocycles. The van der Waals surface area contributed by atoms with Crippen molar-refractivity contribution in [1.82, 2.24) is 0 Å². The summed E-state index contributed by atoms with van der Waals surface area (Å²) in [6.07, 6.45) is 0. The topological polar surface area (TPSA) is 113 Å². The fraction of sp³-hybridized carbons (Fsp3) is 0. The predicted molar refractivity (Wildman–Crippen MR) is 81.9 cm³/mol. The molecule has 2 aromatic carbocycles. The summed E-state index contributed by atoms with van der Waals surface area (Å²) in [5, 5.41) is 8.94. The van der Waals surface area contributed by atoms with E-state index in [1.165, 1.54) is 42.5 Å². The van der Waals surface area contributed by atoms with Crippen molar-refractivity contribution in [3.63, 3.8) is 0 Å². The maximum absolute atomic E-state index is 12.3.